The molecule has 6 heteroatoms. The van der Waals surface area contributed by atoms with Crippen LogP contribution in [0.15, 0.2) is 0 Å². The fraction of sp³-hybridized carbons (Fsp3) is 0. The van der Waals surface area contributed by atoms with E-state index in [-0.39, 0.29) is 29.6 Å². The summed E-state index contributed by atoms with van der Waals surface area (Å²) < 4.78 is 29.3. The van der Waals surface area contributed by atoms with Crippen LogP contribution in [0.4, 0.5) is 0 Å². The monoisotopic (exact) mass is 134 g/mol. The molecule has 38 valence electrons. The predicted molar refractivity (Wildman–Crippen MR) is 18.0 cm³/mol. The van der Waals surface area contributed by atoms with Gasteiger partial charge in [-0.2, -0.15) is 8.42 Å². The zero-order valence-electron chi connectivity index (χ0n) is 3.79. The van der Waals surface area contributed by atoms with Crippen molar-refractivity contribution >= 4 is 10.4 Å². The van der Waals surface area contributed by atoms with Crippen molar-refractivity contribution in [3.8, 4) is 0 Å². The van der Waals surface area contributed by atoms with Crippen LogP contribution in [0.1, 0.15) is 0 Å². The van der Waals surface area contributed by atoms with E-state index in [4.69, 9.17) is 4.55 Å². The van der Waals surface area contributed by atoms with Crippen LogP contribution in [0.25, 0.3) is 0 Å². The molecule has 0 aliphatic rings. The average molecular weight is 134 g/mol. The van der Waals surface area contributed by atoms with Gasteiger partial charge in [0.05, 0.1) is 0 Å². The molecule has 0 atom stereocenters. The van der Waals surface area contributed by atoms with E-state index in [9.17, 15) is 8.42 Å². The van der Waals surface area contributed by atoms with Crippen LogP contribution in [0.5, 0.6) is 0 Å². The van der Waals surface area contributed by atoms with Gasteiger partial charge in [0, 0.05) is 0 Å². The molecule has 0 aliphatic heterocycles. The SMILES string of the molecule is [CH2-]OS(=O)(=O)O.[Na+]. The van der Waals surface area contributed by atoms with Crippen molar-refractivity contribution in [3.05, 3.63) is 7.11 Å². The van der Waals surface area contributed by atoms with Crippen LogP contribution in [0.2, 0.25) is 0 Å². The first-order valence-corrected chi connectivity index (χ1v) is 2.34. The smallest absolute Gasteiger partial charge is 0.428 e. The molecule has 0 spiro atoms. The number of hydrogen-bond acceptors (Lipinski definition) is 3. The maximum atomic E-state index is 9.27. The van der Waals surface area contributed by atoms with Crippen LogP contribution < -0.4 is 29.6 Å². The van der Waals surface area contributed by atoms with Gasteiger partial charge >= 0.3 is 40.0 Å². The van der Waals surface area contributed by atoms with E-state index in [1.165, 1.54) is 0 Å². The normalized spacial score (nSPS) is 10.0. The standard InChI is InChI=1S/CH3O4S.Na/c1-5-6(2,3)4;/h1H2,(H,2,3,4);/q-1;+1. The first-order chi connectivity index (χ1) is 2.56. The fourth-order valence-electron chi connectivity index (χ4n) is 0. The summed E-state index contributed by atoms with van der Waals surface area (Å²) in [4.78, 5) is 0. The van der Waals surface area contributed by atoms with Crippen molar-refractivity contribution in [3.63, 3.8) is 0 Å². The van der Waals surface area contributed by atoms with Gasteiger partial charge in [-0.1, -0.05) is 0 Å². The molecule has 0 amide bonds. The predicted octanol–water partition coefficient (Wildman–Crippen LogP) is -3.40. The molecular formula is CH3NaO4S. The van der Waals surface area contributed by atoms with E-state index in [2.05, 4.69) is 11.3 Å². The van der Waals surface area contributed by atoms with Gasteiger partial charge in [-0.15, -0.1) is 0 Å². The molecule has 0 unspecified atom stereocenters. The molecule has 7 heavy (non-hydrogen) atoms. The fourth-order valence-corrected chi connectivity index (χ4v) is 0. The Bertz CT molecular complexity index is 114. The summed E-state index contributed by atoms with van der Waals surface area (Å²) in [5, 5.41) is 0. The van der Waals surface area contributed by atoms with Crippen LogP contribution in [-0.4, -0.2) is 13.0 Å². The van der Waals surface area contributed by atoms with E-state index in [1.54, 1.807) is 0 Å². The van der Waals surface area contributed by atoms with Crippen LogP contribution in [-0.2, 0) is 14.6 Å². The summed E-state index contributed by atoms with van der Waals surface area (Å²) >= 11 is 0. The third kappa shape index (κ3) is 10.9. The Kier molecular flexibility index (Phi) is 5.89. The van der Waals surface area contributed by atoms with Crippen molar-refractivity contribution in [2.75, 3.05) is 0 Å². The molecule has 0 heterocycles. The molecule has 1 N–H and O–H groups in total. The van der Waals surface area contributed by atoms with Gasteiger partial charge in [-0.3, -0.25) is 4.55 Å². The second kappa shape index (κ2) is 3.82. The van der Waals surface area contributed by atoms with Gasteiger partial charge in [-0.05, 0) is 0 Å². The molecule has 0 aromatic rings. The molecule has 0 bridgehead atoms. The maximum absolute atomic E-state index is 9.27. The van der Waals surface area contributed by atoms with Gasteiger partial charge in [-0.25, -0.2) is 7.11 Å². The largest absolute Gasteiger partial charge is 1.00 e. The van der Waals surface area contributed by atoms with Gasteiger partial charge in [0.25, 0.3) is 0 Å². The molecule has 4 nitrogen and oxygen atoms in total. The van der Waals surface area contributed by atoms with Crippen LogP contribution in [0.3, 0.4) is 0 Å². The Hall–Kier alpha value is 0.870. The van der Waals surface area contributed by atoms with Crippen molar-refractivity contribution in [1.29, 1.82) is 0 Å². The van der Waals surface area contributed by atoms with Crippen molar-refractivity contribution < 1.29 is 46.7 Å². The van der Waals surface area contributed by atoms with Gasteiger partial charge in [0.2, 0.25) is 0 Å². The molecule has 0 fully saturated rings. The average Bonchev–Trinajstić information content (AvgIpc) is 1.35. The van der Waals surface area contributed by atoms with Crippen molar-refractivity contribution in [1.82, 2.24) is 0 Å². The van der Waals surface area contributed by atoms with Crippen LogP contribution >= 0.6 is 0 Å². The van der Waals surface area contributed by atoms with E-state index >= 15 is 0 Å². The molecule has 0 rings (SSSR count). The van der Waals surface area contributed by atoms with Gasteiger partial charge in [0.1, 0.15) is 0 Å². The minimum Gasteiger partial charge on any atom is -0.428 e. The molecule has 0 saturated carbocycles. The second-order valence-electron chi connectivity index (χ2n) is 0.546. The zero-order chi connectivity index (χ0) is 5.21. The maximum Gasteiger partial charge on any atom is 1.00 e. The Balaban J connectivity index is 0. The van der Waals surface area contributed by atoms with Gasteiger partial charge < -0.3 is 4.18 Å². The topological polar surface area (TPSA) is 63.6 Å². The minimum absolute atomic E-state index is 0. The second-order valence-corrected chi connectivity index (χ2v) is 1.64. The number of hydrogen-bond donors (Lipinski definition) is 1. The van der Waals surface area contributed by atoms with E-state index in [1.807, 2.05) is 0 Å². The number of rotatable bonds is 1. The molecule has 0 aromatic heterocycles. The molecule has 0 saturated heterocycles. The quantitative estimate of drug-likeness (QED) is 0.231. The Morgan fingerprint density at radius 3 is 1.71 bits per heavy atom. The summed E-state index contributed by atoms with van der Waals surface area (Å²) in [5.74, 6) is 0. The first-order valence-electron chi connectivity index (χ1n) is 0.971. The zero-order valence-corrected chi connectivity index (χ0v) is 6.60. The molecule has 0 radical (unpaired) electrons. The first kappa shape index (κ1) is 10.8. The van der Waals surface area contributed by atoms with E-state index < -0.39 is 10.4 Å². The van der Waals surface area contributed by atoms with Crippen LogP contribution in [0, 0.1) is 7.11 Å². The van der Waals surface area contributed by atoms with Gasteiger partial charge in [0.15, 0.2) is 0 Å². The Morgan fingerprint density at radius 2 is 1.71 bits per heavy atom. The molecule has 0 aromatic carbocycles. The molecule has 0 aliphatic carbocycles. The minimum atomic E-state index is -4.27. The summed E-state index contributed by atoms with van der Waals surface area (Å²) in [6.07, 6.45) is 0. The third-order valence-electron chi connectivity index (χ3n) is 0.149. The Labute approximate surface area is 64.1 Å². The summed E-state index contributed by atoms with van der Waals surface area (Å²) in [5.41, 5.74) is 0. The molecular weight excluding hydrogens is 131 g/mol. The Morgan fingerprint density at radius 1 is 1.57 bits per heavy atom. The van der Waals surface area contributed by atoms with Crippen molar-refractivity contribution in [2.45, 2.75) is 0 Å². The van der Waals surface area contributed by atoms with E-state index in [0.29, 0.717) is 0 Å². The summed E-state index contributed by atoms with van der Waals surface area (Å²) in [7, 11) is -1.85. The van der Waals surface area contributed by atoms with E-state index in [0.717, 1.165) is 0 Å². The third-order valence-corrected chi connectivity index (χ3v) is 0.447. The summed E-state index contributed by atoms with van der Waals surface area (Å²) in [6, 6.07) is 0. The van der Waals surface area contributed by atoms with Crippen molar-refractivity contribution in [2.24, 2.45) is 0 Å². The summed E-state index contributed by atoms with van der Waals surface area (Å²) in [6.45, 7) is 0.